The van der Waals surface area contributed by atoms with Gasteiger partial charge in [0.1, 0.15) is 5.54 Å². The summed E-state index contributed by atoms with van der Waals surface area (Å²) >= 11 is 0. The number of nitrogens with zero attached hydrogens (tertiary/aromatic N) is 2. The highest BCUT2D eigenvalue weighted by Crippen LogP contribution is 2.15. The summed E-state index contributed by atoms with van der Waals surface area (Å²) in [5.41, 5.74) is 0.981. The van der Waals surface area contributed by atoms with Crippen molar-refractivity contribution in [2.45, 2.75) is 45.2 Å². The number of aryl methyl sites for hydroxylation is 2. The minimum atomic E-state index is -0.596. The van der Waals surface area contributed by atoms with Crippen LogP contribution in [0.15, 0.2) is 29.1 Å². The Morgan fingerprint density at radius 1 is 1.26 bits per heavy atom. The predicted molar refractivity (Wildman–Crippen MR) is 92.1 cm³/mol. The largest absolute Gasteiger partial charge is 0.340 e. The summed E-state index contributed by atoms with van der Waals surface area (Å²) in [4.78, 5) is 24.6. The average molecular weight is 313 g/mol. The first kappa shape index (κ1) is 16.9. The molecule has 0 radical (unpaired) electrons. The Morgan fingerprint density at radius 3 is 2.43 bits per heavy atom. The van der Waals surface area contributed by atoms with Crippen molar-refractivity contribution in [2.75, 3.05) is 0 Å². The third-order valence-corrected chi connectivity index (χ3v) is 4.48. The number of hydrogen-bond acceptors (Lipinski definition) is 2. The van der Waals surface area contributed by atoms with E-state index in [2.05, 4.69) is 11.2 Å². The van der Waals surface area contributed by atoms with Crippen LogP contribution < -0.4 is 11.0 Å². The molecule has 0 aliphatic rings. The summed E-state index contributed by atoms with van der Waals surface area (Å²) in [6.45, 7) is 4.25. The van der Waals surface area contributed by atoms with Crippen molar-refractivity contribution < 1.29 is 4.79 Å². The van der Waals surface area contributed by atoms with Crippen molar-refractivity contribution in [3.8, 4) is 12.3 Å². The molecule has 0 aliphatic carbocycles. The van der Waals surface area contributed by atoms with E-state index in [0.29, 0.717) is 19.4 Å². The van der Waals surface area contributed by atoms with Gasteiger partial charge in [0.2, 0.25) is 5.91 Å². The lowest BCUT2D eigenvalue weighted by atomic mass is 9.94. The molecule has 1 aromatic heterocycles. The average Bonchev–Trinajstić information content (AvgIpc) is 2.82. The highest BCUT2D eigenvalue weighted by atomic mass is 16.2. The van der Waals surface area contributed by atoms with Crippen LogP contribution in [0.1, 0.15) is 33.1 Å². The Kier molecular flexibility index (Phi) is 4.95. The number of benzene rings is 1. The lowest BCUT2D eigenvalue weighted by Crippen LogP contribution is -2.46. The van der Waals surface area contributed by atoms with E-state index in [-0.39, 0.29) is 18.0 Å². The van der Waals surface area contributed by atoms with Gasteiger partial charge in [0.25, 0.3) is 0 Å². The number of carbonyl (C=O) groups excluding carboxylic acids is 1. The molecule has 0 saturated heterocycles. The normalized spacial score (nSPS) is 11.4. The van der Waals surface area contributed by atoms with Gasteiger partial charge >= 0.3 is 5.69 Å². The Hall–Kier alpha value is -2.48. The van der Waals surface area contributed by atoms with E-state index >= 15 is 0 Å². The number of fused-ring (bicyclic) bond motifs is 1. The molecule has 1 aromatic carbocycles. The number of aromatic nitrogens is 2. The van der Waals surface area contributed by atoms with Crippen LogP contribution in [0.5, 0.6) is 0 Å². The van der Waals surface area contributed by atoms with Gasteiger partial charge in [-0.15, -0.1) is 6.42 Å². The van der Waals surface area contributed by atoms with Crippen LogP contribution in [-0.2, 0) is 18.4 Å². The molecule has 0 atom stereocenters. The number of terminal acetylenes is 1. The molecule has 2 rings (SSSR count). The summed E-state index contributed by atoms with van der Waals surface area (Å²) in [5, 5.41) is 2.93. The lowest BCUT2D eigenvalue weighted by molar-refractivity contribution is -0.122. The first-order valence-electron chi connectivity index (χ1n) is 7.91. The molecule has 23 heavy (non-hydrogen) atoms. The van der Waals surface area contributed by atoms with Crippen LogP contribution >= 0.6 is 0 Å². The minimum absolute atomic E-state index is 0.117. The van der Waals surface area contributed by atoms with Gasteiger partial charge in [-0.2, -0.15) is 0 Å². The van der Waals surface area contributed by atoms with Gasteiger partial charge in [0.05, 0.1) is 11.0 Å². The molecule has 1 amide bonds. The Bertz CT molecular complexity index is 804. The molecule has 1 N–H and O–H groups in total. The van der Waals surface area contributed by atoms with Gasteiger partial charge in [-0.05, 0) is 25.0 Å². The van der Waals surface area contributed by atoms with Crippen LogP contribution in [0.3, 0.4) is 0 Å². The Morgan fingerprint density at radius 2 is 1.87 bits per heavy atom. The van der Waals surface area contributed by atoms with Gasteiger partial charge in [-0.3, -0.25) is 13.9 Å². The van der Waals surface area contributed by atoms with E-state index in [4.69, 9.17) is 6.42 Å². The number of amides is 1. The van der Waals surface area contributed by atoms with E-state index in [1.54, 1.807) is 16.2 Å². The zero-order chi connectivity index (χ0) is 17.0. The maximum Gasteiger partial charge on any atom is 0.328 e. The molecule has 122 valence electrons. The SMILES string of the molecule is C#CC(CC)(CC)NC(=O)CCn1c(=O)n(C)c2ccccc21. The quantitative estimate of drug-likeness (QED) is 0.830. The molecule has 0 spiro atoms. The second-order valence-corrected chi connectivity index (χ2v) is 5.71. The molecule has 2 aromatic rings. The molecular weight excluding hydrogens is 290 g/mol. The number of rotatable bonds is 6. The van der Waals surface area contributed by atoms with Crippen LogP contribution in [0, 0.1) is 12.3 Å². The smallest absolute Gasteiger partial charge is 0.328 e. The third kappa shape index (κ3) is 3.16. The molecule has 1 heterocycles. The zero-order valence-corrected chi connectivity index (χ0v) is 13.9. The summed E-state index contributed by atoms with van der Waals surface area (Å²) in [5.74, 6) is 2.55. The molecule has 0 saturated carbocycles. The molecule has 5 nitrogen and oxygen atoms in total. The fourth-order valence-electron chi connectivity index (χ4n) is 2.79. The highest BCUT2D eigenvalue weighted by molar-refractivity contribution is 5.78. The van der Waals surface area contributed by atoms with Crippen molar-refractivity contribution in [1.29, 1.82) is 0 Å². The third-order valence-electron chi connectivity index (χ3n) is 4.48. The number of hydrogen-bond donors (Lipinski definition) is 1. The fraction of sp³-hybridized carbons (Fsp3) is 0.444. The van der Waals surface area contributed by atoms with Gasteiger partial charge < -0.3 is 5.32 Å². The highest BCUT2D eigenvalue weighted by Gasteiger charge is 2.25. The predicted octanol–water partition coefficient (Wildman–Crippen LogP) is 2.04. The van der Waals surface area contributed by atoms with E-state index in [1.165, 1.54) is 0 Å². The molecule has 0 aliphatic heterocycles. The maximum atomic E-state index is 12.3. The molecule has 0 unspecified atom stereocenters. The van der Waals surface area contributed by atoms with Crippen molar-refractivity contribution >= 4 is 16.9 Å². The fourth-order valence-corrected chi connectivity index (χ4v) is 2.79. The van der Waals surface area contributed by atoms with Crippen LogP contribution in [-0.4, -0.2) is 20.6 Å². The van der Waals surface area contributed by atoms with Crippen molar-refractivity contribution in [3.63, 3.8) is 0 Å². The van der Waals surface area contributed by atoms with Crippen molar-refractivity contribution in [2.24, 2.45) is 7.05 Å². The van der Waals surface area contributed by atoms with E-state index in [0.717, 1.165) is 11.0 Å². The van der Waals surface area contributed by atoms with E-state index in [1.807, 2.05) is 38.1 Å². The number of para-hydroxylation sites is 2. The maximum absolute atomic E-state index is 12.3. The molecule has 5 heteroatoms. The molecular formula is C18H23N3O2. The second-order valence-electron chi connectivity index (χ2n) is 5.71. The van der Waals surface area contributed by atoms with Crippen LogP contribution in [0.4, 0.5) is 0 Å². The van der Waals surface area contributed by atoms with E-state index in [9.17, 15) is 9.59 Å². The first-order valence-corrected chi connectivity index (χ1v) is 7.91. The summed E-state index contributed by atoms with van der Waals surface area (Å²) in [6.07, 6.45) is 7.14. The Balaban J connectivity index is 2.16. The van der Waals surface area contributed by atoms with Crippen molar-refractivity contribution in [3.05, 3.63) is 34.7 Å². The topological polar surface area (TPSA) is 56.0 Å². The summed E-state index contributed by atoms with van der Waals surface area (Å²) in [6, 6.07) is 7.56. The summed E-state index contributed by atoms with van der Waals surface area (Å²) in [7, 11) is 1.73. The standard InChI is InChI=1S/C18H23N3O2/c1-5-18(6-2,7-3)19-16(22)12-13-21-15-11-9-8-10-14(15)20(4)17(21)23/h1,8-11H,6-7,12-13H2,2-4H3,(H,19,22). The zero-order valence-electron chi connectivity index (χ0n) is 13.9. The summed E-state index contributed by atoms with van der Waals surface area (Å²) < 4.78 is 3.22. The first-order chi connectivity index (χ1) is 11.0. The number of imidazole rings is 1. The van der Waals surface area contributed by atoms with Crippen LogP contribution in [0.25, 0.3) is 11.0 Å². The monoisotopic (exact) mass is 313 g/mol. The van der Waals surface area contributed by atoms with E-state index < -0.39 is 5.54 Å². The molecule has 0 fully saturated rings. The van der Waals surface area contributed by atoms with Crippen molar-refractivity contribution in [1.82, 2.24) is 14.5 Å². The van der Waals surface area contributed by atoms with Gasteiger partial charge in [0.15, 0.2) is 0 Å². The Labute approximate surface area is 136 Å². The number of carbonyl (C=O) groups is 1. The number of nitrogens with one attached hydrogen (secondary N) is 1. The van der Waals surface area contributed by atoms with Crippen LogP contribution in [0.2, 0.25) is 0 Å². The lowest BCUT2D eigenvalue weighted by Gasteiger charge is -2.27. The second kappa shape index (κ2) is 6.74. The molecule has 0 bridgehead atoms. The minimum Gasteiger partial charge on any atom is -0.340 e. The van der Waals surface area contributed by atoms with Gasteiger partial charge in [0, 0.05) is 20.0 Å². The van der Waals surface area contributed by atoms with Gasteiger partial charge in [-0.1, -0.05) is 31.9 Å². The van der Waals surface area contributed by atoms with Gasteiger partial charge in [-0.25, -0.2) is 4.79 Å².